The average Bonchev–Trinajstić information content (AvgIpc) is 3.56. The minimum Gasteiger partial charge on any atom is -1.00 e. The van der Waals surface area contributed by atoms with E-state index >= 15 is 0 Å². The summed E-state index contributed by atoms with van der Waals surface area (Å²) in [4.78, 5) is 14.6. The highest BCUT2D eigenvalue weighted by Crippen LogP contribution is 2.29. The van der Waals surface area contributed by atoms with Gasteiger partial charge in [-0.25, -0.2) is 9.98 Å². The molecule has 0 amide bonds. The molecule has 2 aliphatic heterocycles. The molecule has 0 atom stereocenters. The molecule has 2 aromatic heterocycles. The van der Waals surface area contributed by atoms with Crippen LogP contribution in [0.5, 0.6) is 0 Å². The van der Waals surface area contributed by atoms with Crippen LogP contribution in [0.3, 0.4) is 0 Å². The van der Waals surface area contributed by atoms with E-state index < -0.39 is 0 Å². The molecule has 39 heavy (non-hydrogen) atoms. The van der Waals surface area contributed by atoms with Gasteiger partial charge >= 0.3 is 0 Å². The van der Waals surface area contributed by atoms with Crippen molar-refractivity contribution in [3.05, 3.63) is 78.7 Å². The van der Waals surface area contributed by atoms with Crippen LogP contribution in [-0.4, -0.2) is 22.4 Å². The van der Waals surface area contributed by atoms with Crippen LogP contribution >= 0.6 is 0 Å². The van der Waals surface area contributed by atoms with Crippen molar-refractivity contribution in [2.75, 3.05) is 0 Å². The average molecular weight is 659 g/mol. The second kappa shape index (κ2) is 14.5. The van der Waals surface area contributed by atoms with Crippen molar-refractivity contribution in [3.8, 4) is 0 Å². The molecule has 0 aromatic carbocycles. The lowest BCUT2D eigenvalue weighted by Crippen LogP contribution is -3.00. The number of hydrogen-bond donors (Lipinski definition) is 4. The Labute approximate surface area is 256 Å². The quantitative estimate of drug-likeness (QED) is 0.252. The molecule has 2 aliphatic rings. The standard InChI is InChI=1S/C33H44N4.2BrH/c1-9-11-13-26-24(7)30(15-28-22(5)20(3)18-34-28)36-32(26)17-33-27(14-12-10-2)25(8)31(37-33)16-29-23(6)21(4)19-35-29;;/h15-16,18-19,36-37H,9-14,17H2,1-8H3;2*1H/b28-15-,29-16+;;. The minimum absolute atomic E-state index is 0. The predicted octanol–water partition coefficient (Wildman–Crippen LogP) is -1.07. The van der Waals surface area contributed by atoms with Gasteiger partial charge in [-0.2, -0.15) is 0 Å². The molecule has 6 heteroatoms. The molecule has 0 aliphatic carbocycles. The minimum atomic E-state index is 0. The largest absolute Gasteiger partial charge is 1.00 e. The van der Waals surface area contributed by atoms with Crippen molar-refractivity contribution in [2.45, 2.75) is 100 Å². The Morgan fingerprint density at radius 1 is 0.641 bits per heavy atom. The topological polar surface area (TPSA) is 59.5 Å². The van der Waals surface area contributed by atoms with Gasteiger partial charge < -0.3 is 43.9 Å². The fourth-order valence-corrected chi connectivity index (χ4v) is 5.41. The highest BCUT2D eigenvalue weighted by atomic mass is 79.9. The molecule has 0 bridgehead atoms. The first-order valence-corrected chi connectivity index (χ1v) is 14.1. The van der Waals surface area contributed by atoms with Gasteiger partial charge in [-0.15, -0.1) is 0 Å². The summed E-state index contributed by atoms with van der Waals surface area (Å²) in [6, 6.07) is 0. The maximum Gasteiger partial charge on any atom is 0.209 e. The second-order valence-electron chi connectivity index (χ2n) is 10.9. The van der Waals surface area contributed by atoms with Gasteiger partial charge in [0.2, 0.25) is 11.4 Å². The Bertz CT molecular complexity index is 1270. The van der Waals surface area contributed by atoms with E-state index in [1.165, 1.54) is 104 Å². The lowest BCUT2D eigenvalue weighted by atomic mass is 9.97. The van der Waals surface area contributed by atoms with Crippen molar-refractivity contribution in [2.24, 2.45) is 0 Å². The maximum absolute atomic E-state index is 3.85. The van der Waals surface area contributed by atoms with Gasteiger partial charge in [0.15, 0.2) is 12.4 Å². The monoisotopic (exact) mass is 656 g/mol. The number of unbranched alkanes of at least 4 members (excludes halogenated alkanes) is 2. The first kappa shape index (κ1) is 33.0. The third-order valence-corrected chi connectivity index (χ3v) is 8.38. The maximum atomic E-state index is 3.85. The van der Waals surface area contributed by atoms with Crippen LogP contribution in [0.4, 0.5) is 0 Å². The van der Waals surface area contributed by atoms with Crippen LogP contribution in [0.25, 0.3) is 12.2 Å². The molecular formula is C33H46Br2N4. The molecule has 212 valence electrons. The second-order valence-corrected chi connectivity index (χ2v) is 10.9. The van der Waals surface area contributed by atoms with E-state index in [4.69, 9.17) is 0 Å². The molecular weight excluding hydrogens is 612 g/mol. The lowest BCUT2D eigenvalue weighted by molar-refractivity contribution is -0.381. The van der Waals surface area contributed by atoms with E-state index in [1.807, 2.05) is 0 Å². The number of H-pyrrole nitrogens is 2. The highest BCUT2D eigenvalue weighted by Gasteiger charge is 2.22. The summed E-state index contributed by atoms with van der Waals surface area (Å²) in [5, 5.41) is 0. The summed E-state index contributed by atoms with van der Waals surface area (Å²) in [6.45, 7) is 17.9. The third kappa shape index (κ3) is 7.13. The summed E-state index contributed by atoms with van der Waals surface area (Å²) >= 11 is 0. The van der Waals surface area contributed by atoms with E-state index in [2.05, 4.69) is 99.9 Å². The summed E-state index contributed by atoms with van der Waals surface area (Å²) in [5.74, 6) is 0. The summed E-state index contributed by atoms with van der Waals surface area (Å²) in [6.07, 6.45) is 16.8. The number of aromatic amines is 2. The smallest absolute Gasteiger partial charge is 0.209 e. The SMILES string of the molecule is CCCCc1c(Cc2[nH]c(/C=C3/[NH+]=CC(C)=C3C)c(C)c2CCCC)[nH]c(/C=C2\[NH+]=CC(C)=C2C)c1C.[Br-].[Br-]. The van der Waals surface area contributed by atoms with Crippen molar-refractivity contribution in [1.29, 1.82) is 0 Å². The van der Waals surface area contributed by atoms with Crippen molar-refractivity contribution in [1.82, 2.24) is 9.97 Å². The predicted molar refractivity (Wildman–Crippen MR) is 158 cm³/mol. The third-order valence-electron chi connectivity index (χ3n) is 8.38. The van der Waals surface area contributed by atoms with E-state index in [9.17, 15) is 0 Å². The molecule has 0 saturated heterocycles. The first-order valence-electron chi connectivity index (χ1n) is 14.1. The Morgan fingerprint density at radius 2 is 1.03 bits per heavy atom. The van der Waals surface area contributed by atoms with E-state index in [0.717, 1.165) is 19.3 Å². The number of aromatic nitrogens is 2. The van der Waals surface area contributed by atoms with Crippen LogP contribution in [0.15, 0.2) is 33.7 Å². The zero-order valence-electron chi connectivity index (χ0n) is 25.0. The zero-order chi connectivity index (χ0) is 26.7. The number of allylic oxidation sites excluding steroid dienone is 4. The first-order chi connectivity index (χ1) is 17.7. The zero-order valence-corrected chi connectivity index (χ0v) is 28.2. The molecule has 0 fully saturated rings. The Morgan fingerprint density at radius 3 is 1.33 bits per heavy atom. The van der Waals surface area contributed by atoms with E-state index in [1.54, 1.807) is 0 Å². The van der Waals surface area contributed by atoms with Crippen molar-refractivity contribution >= 4 is 24.6 Å². The van der Waals surface area contributed by atoms with Crippen LogP contribution in [0, 0.1) is 13.8 Å². The fourth-order valence-electron chi connectivity index (χ4n) is 5.41. The fraction of sp³-hybridized carbons (Fsp3) is 0.455. The number of nitrogens with one attached hydrogen (secondary N) is 4. The Kier molecular flexibility index (Phi) is 12.2. The molecule has 4 N–H and O–H groups in total. The lowest BCUT2D eigenvalue weighted by Gasteiger charge is -2.08. The molecule has 0 unspecified atom stereocenters. The molecule has 4 nitrogen and oxygen atoms in total. The van der Waals surface area contributed by atoms with E-state index in [-0.39, 0.29) is 34.0 Å². The van der Waals surface area contributed by atoms with Crippen LogP contribution in [-0.2, 0) is 19.3 Å². The van der Waals surface area contributed by atoms with Crippen LogP contribution < -0.4 is 43.9 Å². The Hall–Kier alpha value is -2.18. The van der Waals surface area contributed by atoms with Gasteiger partial charge in [-0.3, -0.25) is 0 Å². The van der Waals surface area contributed by atoms with Crippen molar-refractivity contribution in [3.63, 3.8) is 0 Å². The normalized spacial score (nSPS) is 16.7. The van der Waals surface area contributed by atoms with Gasteiger partial charge in [0.25, 0.3) is 0 Å². The molecule has 0 saturated carbocycles. The number of rotatable bonds is 10. The molecule has 0 spiro atoms. The summed E-state index contributed by atoms with van der Waals surface area (Å²) < 4.78 is 0. The number of halogens is 2. The van der Waals surface area contributed by atoms with Gasteiger partial charge in [0, 0.05) is 63.6 Å². The summed E-state index contributed by atoms with van der Waals surface area (Å²) in [5.41, 5.74) is 18.6. The van der Waals surface area contributed by atoms with Crippen LogP contribution in [0.2, 0.25) is 0 Å². The highest BCUT2D eigenvalue weighted by molar-refractivity contribution is 5.80. The molecule has 2 aromatic rings. The Balaban J connectivity index is 0.00000267. The molecule has 0 radical (unpaired) electrons. The van der Waals surface area contributed by atoms with Gasteiger partial charge in [-0.1, -0.05) is 26.7 Å². The van der Waals surface area contributed by atoms with E-state index in [0.29, 0.717) is 0 Å². The molecule has 4 rings (SSSR count). The van der Waals surface area contributed by atoms with Crippen LogP contribution in [0.1, 0.15) is 112 Å². The summed E-state index contributed by atoms with van der Waals surface area (Å²) in [7, 11) is 0. The number of hydrogen-bond acceptors (Lipinski definition) is 0. The van der Waals surface area contributed by atoms with Gasteiger partial charge in [0.1, 0.15) is 0 Å². The van der Waals surface area contributed by atoms with Crippen molar-refractivity contribution < 1.29 is 43.9 Å². The molecule has 4 heterocycles. The van der Waals surface area contributed by atoms with Gasteiger partial charge in [-0.05, 0) is 89.5 Å². The van der Waals surface area contributed by atoms with Gasteiger partial charge in [0.05, 0.1) is 0 Å².